The third-order valence-electron chi connectivity index (χ3n) is 6.65. The first-order chi connectivity index (χ1) is 14.7. The van der Waals surface area contributed by atoms with Crippen molar-refractivity contribution in [3.05, 3.63) is 62.5 Å². The molecule has 6 nitrogen and oxygen atoms in total. The second-order valence-electron chi connectivity index (χ2n) is 8.79. The normalized spacial score (nSPS) is 16.2. The van der Waals surface area contributed by atoms with E-state index in [1.807, 2.05) is 0 Å². The number of primary amides is 1. The van der Waals surface area contributed by atoms with Gasteiger partial charge in [0, 0.05) is 4.88 Å². The average molecular weight is 439 g/mol. The van der Waals surface area contributed by atoms with E-state index < -0.39 is 17.4 Å². The highest BCUT2D eigenvalue weighted by atomic mass is 32.1. The van der Waals surface area contributed by atoms with Crippen molar-refractivity contribution in [3.63, 3.8) is 0 Å². The van der Waals surface area contributed by atoms with Crippen molar-refractivity contribution in [1.82, 2.24) is 0 Å². The van der Waals surface area contributed by atoms with Gasteiger partial charge in [0.15, 0.2) is 5.76 Å². The number of hydrogen-bond acceptors (Lipinski definition) is 5. The second-order valence-corrected chi connectivity index (χ2v) is 9.90. The van der Waals surface area contributed by atoms with E-state index >= 15 is 0 Å². The fourth-order valence-electron chi connectivity index (χ4n) is 4.30. The third-order valence-corrected chi connectivity index (χ3v) is 7.82. The predicted molar refractivity (Wildman–Crippen MR) is 123 cm³/mol. The van der Waals surface area contributed by atoms with E-state index in [4.69, 9.17) is 10.2 Å². The van der Waals surface area contributed by atoms with Crippen molar-refractivity contribution in [2.45, 2.75) is 46.5 Å². The maximum absolute atomic E-state index is 12.9. The van der Waals surface area contributed by atoms with Gasteiger partial charge >= 0.3 is 5.63 Å². The molecule has 0 spiro atoms. The Bertz CT molecular complexity index is 1240. The van der Waals surface area contributed by atoms with Crippen LogP contribution in [0.3, 0.4) is 0 Å². The van der Waals surface area contributed by atoms with E-state index in [9.17, 15) is 14.4 Å². The summed E-state index contributed by atoms with van der Waals surface area (Å²) in [6.07, 6.45) is 3.69. The smallest absolute Gasteiger partial charge is 0.344 e. The number of anilines is 1. The highest BCUT2D eigenvalue weighted by molar-refractivity contribution is 7.17. The number of benzene rings is 1. The Morgan fingerprint density at radius 1 is 1.29 bits per heavy atom. The van der Waals surface area contributed by atoms with Crippen LogP contribution in [-0.4, -0.2) is 11.8 Å². The van der Waals surface area contributed by atoms with Crippen molar-refractivity contribution in [1.29, 1.82) is 0 Å². The summed E-state index contributed by atoms with van der Waals surface area (Å²) in [5, 5.41) is 4.23. The quantitative estimate of drug-likeness (QED) is 0.600. The number of hydrogen-bond donors (Lipinski definition) is 2. The lowest BCUT2D eigenvalue weighted by Gasteiger charge is -2.36. The number of amides is 2. The van der Waals surface area contributed by atoms with Gasteiger partial charge < -0.3 is 15.5 Å². The molecular weight excluding hydrogens is 412 g/mol. The molecule has 31 heavy (non-hydrogen) atoms. The van der Waals surface area contributed by atoms with Crippen molar-refractivity contribution >= 4 is 38.9 Å². The molecule has 0 saturated carbocycles. The van der Waals surface area contributed by atoms with Gasteiger partial charge in [-0.3, -0.25) is 9.59 Å². The van der Waals surface area contributed by atoms with Crippen LogP contribution >= 0.6 is 11.3 Å². The molecule has 3 N–H and O–H groups in total. The van der Waals surface area contributed by atoms with Crippen molar-refractivity contribution in [3.8, 4) is 0 Å². The summed E-state index contributed by atoms with van der Waals surface area (Å²) in [5.41, 5.74) is 6.63. The number of nitrogens with two attached hydrogens (primary N) is 1. The first kappa shape index (κ1) is 21.3. The van der Waals surface area contributed by atoms with Gasteiger partial charge in [0.05, 0.1) is 10.9 Å². The molecule has 2 heterocycles. The molecule has 4 rings (SSSR count). The zero-order valence-electron chi connectivity index (χ0n) is 17.9. The lowest BCUT2D eigenvalue weighted by Crippen LogP contribution is -2.29. The van der Waals surface area contributed by atoms with E-state index in [1.165, 1.54) is 17.4 Å². The number of thiophene rings is 1. The fraction of sp³-hybridized carbons (Fsp3) is 0.375. The van der Waals surface area contributed by atoms with Crippen LogP contribution in [0.15, 0.2) is 39.5 Å². The Morgan fingerprint density at radius 3 is 2.74 bits per heavy atom. The molecule has 1 atom stereocenters. The Labute approximate surface area is 184 Å². The van der Waals surface area contributed by atoms with Crippen molar-refractivity contribution in [2.24, 2.45) is 17.1 Å². The third kappa shape index (κ3) is 3.90. The average Bonchev–Trinajstić information content (AvgIpc) is 3.10. The molecule has 0 unspecified atom stereocenters. The largest absolute Gasteiger partial charge is 0.417 e. The van der Waals surface area contributed by atoms with Crippen LogP contribution in [0.25, 0.3) is 10.8 Å². The number of nitrogens with one attached hydrogen (secondary N) is 1. The van der Waals surface area contributed by atoms with Crippen LogP contribution in [0.5, 0.6) is 0 Å². The van der Waals surface area contributed by atoms with Gasteiger partial charge in [-0.2, -0.15) is 0 Å². The molecule has 7 heteroatoms. The lowest BCUT2D eigenvalue weighted by atomic mass is 9.69. The molecule has 2 amide bonds. The summed E-state index contributed by atoms with van der Waals surface area (Å²) in [6, 6.07) is 8.45. The summed E-state index contributed by atoms with van der Waals surface area (Å²) in [6.45, 7) is 6.74. The summed E-state index contributed by atoms with van der Waals surface area (Å²) in [4.78, 5) is 38.4. The minimum absolute atomic E-state index is 0.101. The van der Waals surface area contributed by atoms with Gasteiger partial charge in [-0.15, -0.1) is 11.3 Å². The number of rotatable bonds is 5. The summed E-state index contributed by atoms with van der Waals surface area (Å²) >= 11 is 1.40. The van der Waals surface area contributed by atoms with Crippen LogP contribution in [0.2, 0.25) is 0 Å². The van der Waals surface area contributed by atoms with Gasteiger partial charge in [0.25, 0.3) is 11.8 Å². The second kappa shape index (κ2) is 7.96. The first-order valence-corrected chi connectivity index (χ1v) is 11.3. The van der Waals surface area contributed by atoms with Crippen LogP contribution in [-0.2, 0) is 12.8 Å². The predicted octanol–water partition coefficient (Wildman–Crippen LogP) is 4.75. The van der Waals surface area contributed by atoms with E-state index in [-0.39, 0.29) is 11.2 Å². The highest BCUT2D eigenvalue weighted by Crippen LogP contribution is 2.45. The Balaban J connectivity index is 1.67. The Kier molecular flexibility index (Phi) is 5.47. The zero-order chi connectivity index (χ0) is 22.3. The van der Waals surface area contributed by atoms with E-state index in [2.05, 4.69) is 26.1 Å². The minimum atomic E-state index is -0.575. The molecule has 1 aliphatic rings. The zero-order valence-corrected chi connectivity index (χ0v) is 18.7. The first-order valence-electron chi connectivity index (χ1n) is 10.5. The van der Waals surface area contributed by atoms with Gasteiger partial charge in [-0.05, 0) is 53.7 Å². The molecule has 0 saturated heterocycles. The standard InChI is InChI=1S/C24H26N2O4S/c1-4-24(2,3)14-9-10-16-18(12-14)31-22(19(16)20(25)27)26-21(28)17-11-13-7-5-6-8-15(13)23(29)30-17/h5-8,11,14H,4,9-10,12H2,1-3H3,(H2,25,27)(H,26,28)/t14-/m0/s1. The maximum Gasteiger partial charge on any atom is 0.344 e. The SMILES string of the molecule is CCC(C)(C)[C@H]1CCc2c(sc(NC(=O)c3cc4ccccc4c(=O)o3)c2C(N)=O)C1. The molecule has 3 aromatic rings. The van der Waals surface area contributed by atoms with Gasteiger partial charge in [-0.25, -0.2) is 4.79 Å². The maximum atomic E-state index is 12.9. The molecule has 1 aliphatic carbocycles. The van der Waals surface area contributed by atoms with E-state index in [0.717, 1.165) is 36.1 Å². The summed E-state index contributed by atoms with van der Waals surface area (Å²) in [5.74, 6) is -0.725. The van der Waals surface area contributed by atoms with Gasteiger partial charge in [0.2, 0.25) is 0 Å². The fourth-order valence-corrected chi connectivity index (χ4v) is 5.63. The number of carbonyl (C=O) groups is 2. The molecular formula is C24H26N2O4S. The highest BCUT2D eigenvalue weighted by Gasteiger charge is 2.35. The number of fused-ring (bicyclic) bond motifs is 2. The molecule has 0 bridgehead atoms. The lowest BCUT2D eigenvalue weighted by molar-refractivity contribution is 0.0993. The van der Waals surface area contributed by atoms with Crippen LogP contribution in [0.4, 0.5) is 5.00 Å². The molecule has 2 aromatic heterocycles. The Hall–Kier alpha value is -2.93. The molecule has 162 valence electrons. The number of carbonyl (C=O) groups excluding carboxylic acids is 2. The molecule has 0 radical (unpaired) electrons. The monoisotopic (exact) mass is 438 g/mol. The molecule has 1 aromatic carbocycles. The molecule has 0 aliphatic heterocycles. The summed E-state index contributed by atoms with van der Waals surface area (Å²) < 4.78 is 5.22. The van der Waals surface area contributed by atoms with Crippen LogP contribution < -0.4 is 16.7 Å². The van der Waals surface area contributed by atoms with Gasteiger partial charge in [-0.1, -0.05) is 45.4 Å². The van der Waals surface area contributed by atoms with E-state index in [0.29, 0.717) is 27.3 Å². The summed E-state index contributed by atoms with van der Waals surface area (Å²) in [7, 11) is 0. The molecule has 0 fully saturated rings. The van der Waals surface area contributed by atoms with E-state index in [1.54, 1.807) is 24.3 Å². The minimum Gasteiger partial charge on any atom is -0.417 e. The Morgan fingerprint density at radius 2 is 2.03 bits per heavy atom. The topological polar surface area (TPSA) is 102 Å². The van der Waals surface area contributed by atoms with Crippen LogP contribution in [0.1, 0.15) is 65.0 Å². The van der Waals surface area contributed by atoms with Crippen molar-refractivity contribution in [2.75, 3.05) is 5.32 Å². The van der Waals surface area contributed by atoms with Gasteiger partial charge in [0.1, 0.15) is 5.00 Å². The van der Waals surface area contributed by atoms with Crippen molar-refractivity contribution < 1.29 is 14.0 Å². The van der Waals surface area contributed by atoms with Crippen LogP contribution in [0, 0.1) is 11.3 Å².